The molecule has 0 fully saturated rings. The molecule has 48 heavy (non-hydrogen) atoms. The molecule has 6 aromatic carbocycles. The molecule has 0 amide bonds. The van der Waals surface area contributed by atoms with E-state index in [1.165, 1.54) is 64.8 Å². The molecular weight excluding hydrogens is 603 g/mol. The number of para-hydroxylation sites is 5. The first-order valence-electron chi connectivity index (χ1n) is 16.4. The molecule has 10 rings (SSSR count). The Morgan fingerprint density at radius 1 is 0.625 bits per heavy atom. The zero-order chi connectivity index (χ0) is 32.0. The molecule has 3 nitrogen and oxygen atoms in total. The molecule has 0 radical (unpaired) electrons. The summed E-state index contributed by atoms with van der Waals surface area (Å²) in [7, 11) is 0. The lowest BCUT2D eigenvalue weighted by Gasteiger charge is -2.30. The Kier molecular flexibility index (Phi) is 5.77. The number of thioether (sulfide) groups is 1. The van der Waals surface area contributed by atoms with Gasteiger partial charge in [0.1, 0.15) is 6.07 Å². The summed E-state index contributed by atoms with van der Waals surface area (Å²) in [5, 5.41) is 15.1. The standard InChI is InChI=1S/C44H29N3S/c1-44-26-12-25-40(46-37-22-7-3-14-29(37)30-15-4-8-23-38(30)46)43(44)48-42-34(19-11-20-35(42)44)33-18-10-17-32-31-16-5-9-24-39(31)47(41(32)33)36-21-6-2-13-28(36)27-45/h2-25H,26H2,1H3. The molecule has 0 bridgehead atoms. The lowest BCUT2D eigenvalue weighted by Crippen LogP contribution is -2.23. The van der Waals surface area contributed by atoms with Crippen molar-refractivity contribution in [1.82, 2.24) is 9.13 Å². The average Bonchev–Trinajstić information content (AvgIpc) is 3.77. The maximum absolute atomic E-state index is 10.2. The van der Waals surface area contributed by atoms with Crippen LogP contribution < -0.4 is 0 Å². The van der Waals surface area contributed by atoms with Gasteiger partial charge in [-0.15, -0.1) is 0 Å². The van der Waals surface area contributed by atoms with Crippen molar-refractivity contribution in [1.29, 1.82) is 5.26 Å². The van der Waals surface area contributed by atoms with Crippen LogP contribution in [0.5, 0.6) is 0 Å². The molecule has 226 valence electrons. The number of nitrogens with zero attached hydrogens (tertiary/aromatic N) is 3. The third-order valence-electron chi connectivity index (χ3n) is 10.4. The zero-order valence-corrected chi connectivity index (χ0v) is 27.1. The van der Waals surface area contributed by atoms with Crippen molar-refractivity contribution in [3.8, 4) is 22.9 Å². The van der Waals surface area contributed by atoms with Gasteiger partial charge in [0.25, 0.3) is 0 Å². The van der Waals surface area contributed by atoms with Crippen molar-refractivity contribution in [3.05, 3.63) is 162 Å². The van der Waals surface area contributed by atoms with Crippen molar-refractivity contribution in [2.24, 2.45) is 0 Å². The van der Waals surface area contributed by atoms with Crippen LogP contribution in [-0.2, 0) is 5.41 Å². The molecule has 0 saturated carbocycles. The van der Waals surface area contributed by atoms with Crippen molar-refractivity contribution in [3.63, 3.8) is 0 Å². The Balaban J connectivity index is 1.25. The van der Waals surface area contributed by atoms with E-state index in [1.807, 2.05) is 30.0 Å². The number of nitriles is 1. The Morgan fingerprint density at radius 2 is 1.21 bits per heavy atom. The van der Waals surface area contributed by atoms with Crippen LogP contribution in [0, 0.1) is 11.3 Å². The molecule has 3 heterocycles. The molecule has 0 spiro atoms. The number of fused-ring (bicyclic) bond motifs is 9. The predicted molar refractivity (Wildman–Crippen MR) is 201 cm³/mol. The van der Waals surface area contributed by atoms with Crippen molar-refractivity contribution in [2.75, 3.05) is 0 Å². The topological polar surface area (TPSA) is 33.6 Å². The minimum Gasteiger partial charge on any atom is -0.308 e. The fourth-order valence-corrected chi connectivity index (χ4v) is 9.84. The van der Waals surface area contributed by atoms with Crippen LogP contribution in [0.2, 0.25) is 0 Å². The summed E-state index contributed by atoms with van der Waals surface area (Å²) >= 11 is 1.93. The smallest absolute Gasteiger partial charge is 0.101 e. The van der Waals surface area contributed by atoms with Gasteiger partial charge >= 0.3 is 0 Å². The monoisotopic (exact) mass is 631 g/mol. The molecule has 0 saturated heterocycles. The molecule has 1 atom stereocenters. The highest BCUT2D eigenvalue weighted by Crippen LogP contribution is 2.61. The largest absolute Gasteiger partial charge is 0.308 e. The van der Waals surface area contributed by atoms with Gasteiger partial charge in [-0.1, -0.05) is 128 Å². The quantitative estimate of drug-likeness (QED) is 0.194. The van der Waals surface area contributed by atoms with E-state index in [0.29, 0.717) is 5.56 Å². The third-order valence-corrected chi connectivity index (χ3v) is 11.9. The third kappa shape index (κ3) is 3.60. The number of hydrogen-bond acceptors (Lipinski definition) is 2. The van der Waals surface area contributed by atoms with Crippen molar-refractivity contribution < 1.29 is 0 Å². The zero-order valence-electron chi connectivity index (χ0n) is 26.3. The SMILES string of the molecule is CC12CC=CC(n3c4ccccc4c4ccccc43)=C1Sc1c(-c3cccc4c5ccccc5n(-c5ccccc5C#N)c34)cccc12. The van der Waals surface area contributed by atoms with Crippen LogP contribution >= 0.6 is 11.8 Å². The summed E-state index contributed by atoms with van der Waals surface area (Å²) in [5.74, 6) is 0. The maximum atomic E-state index is 10.2. The van der Waals surface area contributed by atoms with Gasteiger partial charge in [0.05, 0.1) is 39.0 Å². The highest BCUT2D eigenvalue weighted by atomic mass is 32.2. The first-order valence-corrected chi connectivity index (χ1v) is 17.2. The first-order chi connectivity index (χ1) is 23.7. The summed E-state index contributed by atoms with van der Waals surface area (Å²) in [4.78, 5) is 2.70. The Hall–Kier alpha value is -5.76. The van der Waals surface area contributed by atoms with Crippen molar-refractivity contribution in [2.45, 2.75) is 23.7 Å². The van der Waals surface area contributed by atoms with E-state index in [2.05, 4.69) is 150 Å². The normalized spacial score (nSPS) is 17.0. The molecule has 8 aromatic rings. The van der Waals surface area contributed by atoms with Gasteiger partial charge in [-0.3, -0.25) is 0 Å². The number of allylic oxidation sites excluding steroid dienone is 4. The van der Waals surface area contributed by atoms with E-state index in [4.69, 9.17) is 0 Å². The Morgan fingerprint density at radius 3 is 1.94 bits per heavy atom. The number of aromatic nitrogens is 2. The van der Waals surface area contributed by atoms with Crippen LogP contribution in [0.25, 0.3) is 66.1 Å². The predicted octanol–water partition coefficient (Wildman–Crippen LogP) is 11.6. The van der Waals surface area contributed by atoms with Crippen LogP contribution in [0.3, 0.4) is 0 Å². The van der Waals surface area contributed by atoms with Crippen LogP contribution in [-0.4, -0.2) is 9.13 Å². The van der Waals surface area contributed by atoms with Gasteiger partial charge < -0.3 is 9.13 Å². The van der Waals surface area contributed by atoms with E-state index in [1.54, 1.807) is 0 Å². The van der Waals surface area contributed by atoms with Crippen LogP contribution in [0.15, 0.2) is 155 Å². The number of hydrogen-bond donors (Lipinski definition) is 0. The summed E-state index contributed by atoms with van der Waals surface area (Å²) in [6.07, 6.45) is 5.65. The maximum Gasteiger partial charge on any atom is 0.101 e. The van der Waals surface area contributed by atoms with Gasteiger partial charge in [0.15, 0.2) is 0 Å². The highest BCUT2D eigenvalue weighted by molar-refractivity contribution is 8.03. The molecule has 2 aliphatic rings. The fourth-order valence-electron chi connectivity index (χ4n) is 8.26. The minimum absolute atomic E-state index is 0.152. The molecule has 1 aliphatic carbocycles. The summed E-state index contributed by atoms with van der Waals surface area (Å²) in [6, 6.07) is 50.0. The Bertz CT molecular complexity index is 2710. The van der Waals surface area contributed by atoms with Gasteiger partial charge in [-0.2, -0.15) is 5.26 Å². The van der Waals surface area contributed by atoms with E-state index in [-0.39, 0.29) is 5.41 Å². The van der Waals surface area contributed by atoms with Gasteiger partial charge in [0.2, 0.25) is 0 Å². The lowest BCUT2D eigenvalue weighted by molar-refractivity contribution is 0.589. The molecule has 1 unspecified atom stereocenters. The van der Waals surface area contributed by atoms with E-state index in [0.717, 1.165) is 23.1 Å². The second-order valence-electron chi connectivity index (χ2n) is 13.0. The van der Waals surface area contributed by atoms with Gasteiger partial charge in [0, 0.05) is 42.3 Å². The lowest BCUT2D eigenvalue weighted by atomic mass is 9.76. The van der Waals surface area contributed by atoms with E-state index in [9.17, 15) is 5.26 Å². The second-order valence-corrected chi connectivity index (χ2v) is 14.0. The fraction of sp³-hybridized carbons (Fsp3) is 0.0682. The van der Waals surface area contributed by atoms with Crippen LogP contribution in [0.4, 0.5) is 0 Å². The summed E-state index contributed by atoms with van der Waals surface area (Å²) in [5.41, 5.74) is 11.1. The number of benzene rings is 6. The van der Waals surface area contributed by atoms with Crippen LogP contribution in [0.1, 0.15) is 24.5 Å². The number of rotatable bonds is 3. The molecule has 1 aliphatic heterocycles. The first kappa shape index (κ1) is 27.4. The summed E-state index contributed by atoms with van der Waals surface area (Å²) in [6.45, 7) is 2.42. The minimum atomic E-state index is -0.152. The highest BCUT2D eigenvalue weighted by Gasteiger charge is 2.44. The van der Waals surface area contributed by atoms with E-state index >= 15 is 0 Å². The van der Waals surface area contributed by atoms with Crippen molar-refractivity contribution >= 4 is 61.1 Å². The van der Waals surface area contributed by atoms with Gasteiger partial charge in [-0.25, -0.2) is 0 Å². The van der Waals surface area contributed by atoms with E-state index < -0.39 is 0 Å². The molecule has 4 heteroatoms. The molecular formula is C44H29N3S. The Labute approximate surface area is 282 Å². The average molecular weight is 632 g/mol. The van der Waals surface area contributed by atoms with Gasteiger partial charge in [-0.05, 0) is 54.0 Å². The summed E-state index contributed by atoms with van der Waals surface area (Å²) < 4.78 is 4.78. The molecule has 2 aromatic heterocycles. The second kappa shape index (κ2) is 10.1. The molecule has 0 N–H and O–H groups in total.